The first-order valence-electron chi connectivity index (χ1n) is 11.0. The molecule has 1 aliphatic rings. The molecule has 32 heavy (non-hydrogen) atoms. The Morgan fingerprint density at radius 1 is 1.28 bits per heavy atom. The molecule has 1 aromatic heterocycles. The fraction of sp³-hybridized carbons (Fsp3) is 0.458. The fourth-order valence-corrected chi connectivity index (χ4v) is 4.42. The van der Waals surface area contributed by atoms with Crippen molar-refractivity contribution in [2.45, 2.75) is 51.7 Å². The number of aryl methyl sites for hydroxylation is 1. The highest BCUT2D eigenvalue weighted by atomic mass is 32.1. The van der Waals surface area contributed by atoms with Crippen LogP contribution in [0.5, 0.6) is 0 Å². The van der Waals surface area contributed by atoms with Crippen LogP contribution in [0.15, 0.2) is 41.8 Å². The quantitative estimate of drug-likeness (QED) is 0.508. The van der Waals surface area contributed by atoms with Crippen molar-refractivity contribution in [2.24, 2.45) is 0 Å². The van der Waals surface area contributed by atoms with E-state index in [9.17, 15) is 14.4 Å². The van der Waals surface area contributed by atoms with Crippen molar-refractivity contribution in [1.29, 1.82) is 0 Å². The van der Waals surface area contributed by atoms with E-state index in [4.69, 9.17) is 4.74 Å². The summed E-state index contributed by atoms with van der Waals surface area (Å²) < 4.78 is 5.35. The highest BCUT2D eigenvalue weighted by Crippen LogP contribution is 2.27. The van der Waals surface area contributed by atoms with E-state index in [0.29, 0.717) is 45.6 Å². The summed E-state index contributed by atoms with van der Waals surface area (Å²) in [6.45, 7) is 5.88. The number of carbonyl (C=O) groups is 3. The number of hydrogen-bond donors (Lipinski definition) is 2. The minimum absolute atomic E-state index is 0.133. The van der Waals surface area contributed by atoms with Gasteiger partial charge in [0.15, 0.2) is 0 Å². The van der Waals surface area contributed by atoms with Gasteiger partial charge in [0.05, 0.1) is 6.54 Å². The van der Waals surface area contributed by atoms with Crippen LogP contribution >= 0.6 is 11.3 Å². The lowest BCUT2D eigenvalue weighted by Crippen LogP contribution is -2.49. The van der Waals surface area contributed by atoms with Crippen molar-refractivity contribution in [3.8, 4) is 0 Å². The largest absolute Gasteiger partial charge is 0.382 e. The van der Waals surface area contributed by atoms with Crippen LogP contribution in [0.1, 0.15) is 48.2 Å². The predicted octanol–water partition coefficient (Wildman–Crippen LogP) is 2.95. The molecule has 2 heterocycles. The molecule has 7 nitrogen and oxygen atoms in total. The van der Waals surface area contributed by atoms with E-state index < -0.39 is 12.1 Å². The molecule has 172 valence electrons. The molecule has 3 amide bonds. The summed E-state index contributed by atoms with van der Waals surface area (Å²) in [5.74, 6) is -0.606. The molecule has 8 heteroatoms. The Morgan fingerprint density at radius 3 is 2.69 bits per heavy atom. The van der Waals surface area contributed by atoms with Crippen LogP contribution in [0.2, 0.25) is 0 Å². The number of nitrogens with zero attached hydrogens (tertiary/aromatic N) is 1. The Morgan fingerprint density at radius 2 is 2.06 bits per heavy atom. The third-order valence-corrected chi connectivity index (χ3v) is 6.27. The highest BCUT2D eigenvalue weighted by Gasteiger charge is 2.37. The zero-order chi connectivity index (χ0) is 22.9. The van der Waals surface area contributed by atoms with E-state index >= 15 is 0 Å². The van der Waals surface area contributed by atoms with Gasteiger partial charge >= 0.3 is 0 Å². The highest BCUT2D eigenvalue weighted by molar-refractivity contribution is 7.09. The first-order valence-corrected chi connectivity index (χ1v) is 11.9. The van der Waals surface area contributed by atoms with Crippen LogP contribution in [0.4, 0.5) is 0 Å². The molecule has 1 fully saturated rings. The molecule has 1 saturated heterocycles. The maximum Gasteiger partial charge on any atom is 0.247 e. The van der Waals surface area contributed by atoms with Crippen LogP contribution < -0.4 is 10.6 Å². The second-order valence-electron chi connectivity index (χ2n) is 7.86. The van der Waals surface area contributed by atoms with E-state index in [-0.39, 0.29) is 17.7 Å². The monoisotopic (exact) mass is 457 g/mol. The molecular formula is C24H31N3O4S. The predicted molar refractivity (Wildman–Crippen MR) is 124 cm³/mol. The Bertz CT molecular complexity index is 898. The van der Waals surface area contributed by atoms with Crippen LogP contribution in [0.25, 0.3) is 0 Å². The SMILES string of the molecule is CCOCCCNC(=O)[C@H](c1ccc(C)cc1)N(Cc1cccs1)C(=O)[C@H]1CCC(=O)N1. The lowest BCUT2D eigenvalue weighted by molar-refractivity contribution is -0.143. The standard InChI is InChI=1S/C24H31N3O4S/c1-3-31-14-5-13-25-23(29)22(18-9-7-17(2)8-10-18)27(16-19-6-4-15-32-19)24(30)20-11-12-21(28)26-20/h4,6-10,15,20,22H,3,5,11-14,16H2,1-2H3,(H,25,29)(H,26,28)/t20-,22+/m1/s1. The van der Waals surface area contributed by atoms with Crippen molar-refractivity contribution >= 4 is 29.1 Å². The number of rotatable bonds is 11. The molecule has 2 aromatic rings. The Hall–Kier alpha value is -2.71. The van der Waals surface area contributed by atoms with E-state index in [1.54, 1.807) is 4.90 Å². The van der Waals surface area contributed by atoms with Crippen molar-refractivity contribution in [3.63, 3.8) is 0 Å². The van der Waals surface area contributed by atoms with Gasteiger partial charge in [0.1, 0.15) is 12.1 Å². The van der Waals surface area contributed by atoms with Crippen molar-refractivity contribution in [3.05, 3.63) is 57.8 Å². The smallest absolute Gasteiger partial charge is 0.247 e. The molecule has 0 saturated carbocycles. The topological polar surface area (TPSA) is 87.7 Å². The molecule has 2 N–H and O–H groups in total. The van der Waals surface area contributed by atoms with Gasteiger partial charge < -0.3 is 20.3 Å². The molecular weight excluding hydrogens is 426 g/mol. The summed E-state index contributed by atoms with van der Waals surface area (Å²) in [7, 11) is 0. The third-order valence-electron chi connectivity index (χ3n) is 5.40. The maximum atomic E-state index is 13.5. The van der Waals surface area contributed by atoms with Gasteiger partial charge in [-0.15, -0.1) is 11.3 Å². The fourth-order valence-electron chi connectivity index (χ4n) is 3.71. The van der Waals surface area contributed by atoms with Gasteiger partial charge in [0.25, 0.3) is 0 Å². The molecule has 0 bridgehead atoms. The van der Waals surface area contributed by atoms with E-state index in [2.05, 4.69) is 10.6 Å². The van der Waals surface area contributed by atoms with Crippen LogP contribution in [0, 0.1) is 6.92 Å². The third kappa shape index (κ3) is 6.40. The lowest BCUT2D eigenvalue weighted by Gasteiger charge is -2.33. The van der Waals surface area contributed by atoms with Gasteiger partial charge in [-0.05, 0) is 43.7 Å². The molecule has 0 radical (unpaired) electrons. The van der Waals surface area contributed by atoms with E-state index in [0.717, 1.165) is 16.0 Å². The summed E-state index contributed by atoms with van der Waals surface area (Å²) in [5, 5.41) is 7.68. The van der Waals surface area contributed by atoms with E-state index in [1.165, 1.54) is 11.3 Å². The van der Waals surface area contributed by atoms with Crippen molar-refractivity contribution < 1.29 is 19.1 Å². The van der Waals surface area contributed by atoms with Gasteiger partial charge in [-0.25, -0.2) is 0 Å². The molecule has 0 unspecified atom stereocenters. The number of thiophene rings is 1. The zero-order valence-electron chi connectivity index (χ0n) is 18.6. The summed E-state index contributed by atoms with van der Waals surface area (Å²) in [6, 6.07) is 10.1. The number of hydrogen-bond acceptors (Lipinski definition) is 5. The number of ether oxygens (including phenoxy) is 1. The van der Waals surface area contributed by atoms with Crippen molar-refractivity contribution in [2.75, 3.05) is 19.8 Å². The van der Waals surface area contributed by atoms with Gasteiger partial charge in [-0.1, -0.05) is 35.9 Å². The summed E-state index contributed by atoms with van der Waals surface area (Å²) in [6.07, 6.45) is 1.45. The Labute approximate surface area is 193 Å². The van der Waals surface area contributed by atoms with Crippen molar-refractivity contribution in [1.82, 2.24) is 15.5 Å². The molecule has 0 aliphatic carbocycles. The summed E-state index contributed by atoms with van der Waals surface area (Å²) >= 11 is 1.54. The number of amides is 3. The van der Waals surface area contributed by atoms with Gasteiger partial charge in [-0.3, -0.25) is 14.4 Å². The average molecular weight is 458 g/mol. The first kappa shape index (κ1) is 23.9. The number of benzene rings is 1. The Balaban J connectivity index is 1.88. The van der Waals surface area contributed by atoms with E-state index in [1.807, 2.05) is 55.6 Å². The number of carbonyl (C=O) groups excluding carboxylic acids is 3. The average Bonchev–Trinajstić information content (AvgIpc) is 3.45. The van der Waals surface area contributed by atoms with Gasteiger partial charge in [-0.2, -0.15) is 0 Å². The summed E-state index contributed by atoms with van der Waals surface area (Å²) in [4.78, 5) is 41.3. The summed E-state index contributed by atoms with van der Waals surface area (Å²) in [5.41, 5.74) is 1.82. The van der Waals surface area contributed by atoms with Crippen LogP contribution in [0.3, 0.4) is 0 Å². The maximum absolute atomic E-state index is 13.5. The molecule has 0 spiro atoms. The van der Waals surface area contributed by atoms with Gasteiger partial charge in [0.2, 0.25) is 17.7 Å². The minimum Gasteiger partial charge on any atom is -0.382 e. The van der Waals surface area contributed by atoms with Crippen LogP contribution in [-0.4, -0.2) is 48.4 Å². The molecule has 1 aliphatic heterocycles. The second-order valence-corrected chi connectivity index (χ2v) is 8.89. The normalized spacial score (nSPS) is 16.4. The minimum atomic E-state index is -0.796. The molecule has 1 aromatic carbocycles. The second kappa shape index (κ2) is 11.8. The first-order chi connectivity index (χ1) is 15.5. The number of nitrogens with one attached hydrogen (secondary N) is 2. The Kier molecular flexibility index (Phi) is 8.81. The van der Waals surface area contributed by atoms with Gasteiger partial charge in [0, 0.05) is 31.1 Å². The lowest BCUT2D eigenvalue weighted by atomic mass is 10.0. The van der Waals surface area contributed by atoms with Crippen LogP contribution in [-0.2, 0) is 25.7 Å². The zero-order valence-corrected chi connectivity index (χ0v) is 19.5. The molecule has 3 rings (SSSR count). The molecule has 2 atom stereocenters.